The molecule has 0 saturated heterocycles. The summed E-state index contributed by atoms with van der Waals surface area (Å²) in [5.41, 5.74) is 2.46. The molecule has 23 heavy (non-hydrogen) atoms. The molecule has 0 atom stereocenters. The van der Waals surface area contributed by atoms with Crippen LogP contribution in [0.15, 0.2) is 46.9 Å². The highest BCUT2D eigenvalue weighted by Gasteiger charge is 2.06. The van der Waals surface area contributed by atoms with Crippen LogP contribution in [0.5, 0.6) is 5.75 Å². The van der Waals surface area contributed by atoms with E-state index in [2.05, 4.69) is 10.3 Å². The first-order valence-electron chi connectivity index (χ1n) is 7.11. The lowest BCUT2D eigenvalue weighted by atomic mass is 10.2. The molecule has 1 amide bonds. The van der Waals surface area contributed by atoms with E-state index >= 15 is 0 Å². The summed E-state index contributed by atoms with van der Waals surface area (Å²) in [4.78, 5) is 16.1. The third kappa shape index (κ3) is 4.02. The third-order valence-corrected chi connectivity index (χ3v) is 3.49. The summed E-state index contributed by atoms with van der Waals surface area (Å²) in [5, 5.41) is 3.42. The number of halogens is 1. The number of rotatable bonds is 5. The van der Waals surface area contributed by atoms with E-state index in [-0.39, 0.29) is 12.5 Å². The van der Waals surface area contributed by atoms with E-state index < -0.39 is 0 Å². The quantitative estimate of drug-likeness (QED) is 0.777. The second kappa shape index (κ2) is 6.71. The number of aromatic nitrogens is 1. The Hall–Kier alpha value is -2.53. The first-order chi connectivity index (χ1) is 11.1. The van der Waals surface area contributed by atoms with Crippen LogP contribution >= 0.6 is 11.6 Å². The van der Waals surface area contributed by atoms with Crippen LogP contribution in [0.1, 0.15) is 11.5 Å². The summed E-state index contributed by atoms with van der Waals surface area (Å²) in [6.07, 6.45) is 0. The number of nitrogens with one attached hydrogen (secondary N) is 1. The molecule has 118 valence electrons. The first-order valence-corrected chi connectivity index (χ1v) is 7.49. The number of benzene rings is 2. The van der Waals surface area contributed by atoms with E-state index in [9.17, 15) is 4.79 Å². The Balaban J connectivity index is 1.52. The molecule has 3 rings (SSSR count). The molecule has 0 aliphatic heterocycles. The van der Waals surface area contributed by atoms with Crippen molar-refractivity contribution in [3.8, 4) is 5.75 Å². The molecule has 0 unspecified atom stereocenters. The maximum Gasteiger partial charge on any atom is 0.258 e. The lowest BCUT2D eigenvalue weighted by Crippen LogP contribution is -2.28. The molecule has 0 spiro atoms. The Morgan fingerprint density at radius 2 is 2.04 bits per heavy atom. The van der Waals surface area contributed by atoms with E-state index in [4.69, 9.17) is 20.8 Å². The highest BCUT2D eigenvalue weighted by Crippen LogP contribution is 2.17. The van der Waals surface area contributed by atoms with Gasteiger partial charge in [-0.25, -0.2) is 4.98 Å². The highest BCUT2D eigenvalue weighted by atomic mass is 35.5. The smallest absolute Gasteiger partial charge is 0.258 e. The maximum absolute atomic E-state index is 11.8. The third-order valence-electron chi connectivity index (χ3n) is 3.23. The molecule has 0 saturated carbocycles. The number of amides is 1. The van der Waals surface area contributed by atoms with Crippen molar-refractivity contribution >= 4 is 28.6 Å². The van der Waals surface area contributed by atoms with Crippen molar-refractivity contribution in [2.75, 3.05) is 6.61 Å². The number of fused-ring (bicyclic) bond motifs is 1. The van der Waals surface area contributed by atoms with Gasteiger partial charge >= 0.3 is 0 Å². The number of oxazole rings is 1. The number of ether oxygens (including phenoxy) is 1. The molecule has 0 fully saturated rings. The van der Waals surface area contributed by atoms with Crippen molar-refractivity contribution in [3.05, 3.63) is 58.9 Å². The van der Waals surface area contributed by atoms with E-state index in [0.717, 1.165) is 11.1 Å². The molecule has 1 heterocycles. The van der Waals surface area contributed by atoms with Gasteiger partial charge in [0.2, 0.25) is 0 Å². The van der Waals surface area contributed by atoms with Gasteiger partial charge in [-0.15, -0.1) is 0 Å². The fraction of sp³-hybridized carbons (Fsp3) is 0.176. The molecule has 0 bridgehead atoms. The molecule has 1 aromatic heterocycles. The second-order valence-electron chi connectivity index (χ2n) is 5.05. The van der Waals surface area contributed by atoms with Crippen molar-refractivity contribution in [1.29, 1.82) is 0 Å². The number of nitrogens with zero attached hydrogens (tertiary/aromatic N) is 1. The number of carbonyl (C=O) groups is 1. The molecule has 0 aliphatic rings. The maximum atomic E-state index is 11.8. The van der Waals surface area contributed by atoms with Crippen molar-refractivity contribution in [2.24, 2.45) is 0 Å². The van der Waals surface area contributed by atoms with Gasteiger partial charge in [-0.3, -0.25) is 4.79 Å². The molecular weight excluding hydrogens is 316 g/mol. The summed E-state index contributed by atoms with van der Waals surface area (Å²) >= 11 is 5.79. The van der Waals surface area contributed by atoms with E-state index in [1.54, 1.807) is 31.2 Å². The number of aryl methyl sites for hydroxylation is 1. The largest absolute Gasteiger partial charge is 0.484 e. The van der Waals surface area contributed by atoms with Crippen LogP contribution < -0.4 is 10.1 Å². The average Bonchev–Trinajstić information content (AvgIpc) is 2.91. The minimum Gasteiger partial charge on any atom is -0.484 e. The normalized spacial score (nSPS) is 10.7. The summed E-state index contributed by atoms with van der Waals surface area (Å²) in [6, 6.07) is 12.5. The van der Waals surface area contributed by atoms with Gasteiger partial charge in [0, 0.05) is 18.5 Å². The number of hydrogen-bond donors (Lipinski definition) is 1. The van der Waals surface area contributed by atoms with Gasteiger partial charge in [-0.2, -0.15) is 0 Å². The lowest BCUT2D eigenvalue weighted by molar-refractivity contribution is -0.123. The fourth-order valence-corrected chi connectivity index (χ4v) is 2.25. The van der Waals surface area contributed by atoms with Gasteiger partial charge in [-0.05, 0) is 42.0 Å². The monoisotopic (exact) mass is 330 g/mol. The van der Waals surface area contributed by atoms with Crippen molar-refractivity contribution in [1.82, 2.24) is 10.3 Å². The lowest BCUT2D eigenvalue weighted by Gasteiger charge is -2.07. The SMILES string of the molecule is Cc1nc2ccc(CNC(=O)COc3ccc(Cl)cc3)cc2o1. The average molecular weight is 331 g/mol. The van der Waals surface area contributed by atoms with E-state index in [1.165, 1.54) is 0 Å². The second-order valence-corrected chi connectivity index (χ2v) is 5.49. The topological polar surface area (TPSA) is 64.4 Å². The van der Waals surface area contributed by atoms with Crippen LogP contribution in [-0.4, -0.2) is 17.5 Å². The molecule has 3 aromatic rings. The highest BCUT2D eigenvalue weighted by molar-refractivity contribution is 6.30. The summed E-state index contributed by atoms with van der Waals surface area (Å²) in [5.74, 6) is 1.02. The number of hydrogen-bond acceptors (Lipinski definition) is 4. The predicted octanol–water partition coefficient (Wildman–Crippen LogP) is 3.48. The predicted molar refractivity (Wildman–Crippen MR) is 87.5 cm³/mol. The van der Waals surface area contributed by atoms with Gasteiger partial charge in [-0.1, -0.05) is 17.7 Å². The summed E-state index contributed by atoms with van der Waals surface area (Å²) in [6.45, 7) is 2.15. The van der Waals surface area contributed by atoms with Crippen LogP contribution in [0.25, 0.3) is 11.1 Å². The van der Waals surface area contributed by atoms with Crippen LogP contribution in [0, 0.1) is 6.92 Å². The van der Waals surface area contributed by atoms with Crippen LogP contribution in [-0.2, 0) is 11.3 Å². The van der Waals surface area contributed by atoms with Crippen molar-refractivity contribution in [3.63, 3.8) is 0 Å². The first kappa shape index (κ1) is 15.4. The standard InChI is InChI=1S/C17H15ClN2O3/c1-11-20-15-7-2-12(8-16(15)23-11)9-19-17(21)10-22-14-5-3-13(18)4-6-14/h2-8H,9-10H2,1H3,(H,19,21). The zero-order valence-corrected chi connectivity index (χ0v) is 13.3. The zero-order valence-electron chi connectivity index (χ0n) is 12.5. The molecule has 0 radical (unpaired) electrons. The molecular formula is C17H15ClN2O3. The zero-order chi connectivity index (χ0) is 16.2. The summed E-state index contributed by atoms with van der Waals surface area (Å²) < 4.78 is 10.9. The summed E-state index contributed by atoms with van der Waals surface area (Å²) in [7, 11) is 0. The van der Waals surface area contributed by atoms with E-state index in [1.807, 2.05) is 18.2 Å². The van der Waals surface area contributed by atoms with Crippen molar-refractivity contribution < 1.29 is 13.9 Å². The van der Waals surface area contributed by atoms with Crippen LogP contribution in [0.3, 0.4) is 0 Å². The van der Waals surface area contributed by atoms with Gasteiger partial charge in [0.05, 0.1) is 0 Å². The van der Waals surface area contributed by atoms with Crippen LogP contribution in [0.2, 0.25) is 5.02 Å². The fourth-order valence-electron chi connectivity index (χ4n) is 2.13. The van der Waals surface area contributed by atoms with Crippen molar-refractivity contribution in [2.45, 2.75) is 13.5 Å². The Labute approximate surface area is 138 Å². The molecule has 6 heteroatoms. The molecule has 2 aromatic carbocycles. The Kier molecular flexibility index (Phi) is 4.48. The molecule has 5 nitrogen and oxygen atoms in total. The Morgan fingerprint density at radius 1 is 1.26 bits per heavy atom. The van der Waals surface area contributed by atoms with Gasteiger partial charge in [0.15, 0.2) is 18.1 Å². The van der Waals surface area contributed by atoms with Gasteiger partial charge in [0.1, 0.15) is 11.3 Å². The van der Waals surface area contributed by atoms with Crippen LogP contribution in [0.4, 0.5) is 0 Å². The number of carbonyl (C=O) groups excluding carboxylic acids is 1. The minimum atomic E-state index is -0.200. The van der Waals surface area contributed by atoms with E-state index in [0.29, 0.717) is 28.8 Å². The molecule has 1 N–H and O–H groups in total. The minimum absolute atomic E-state index is 0.0503. The van der Waals surface area contributed by atoms with Gasteiger partial charge in [0.25, 0.3) is 5.91 Å². The Bertz CT molecular complexity index is 827. The molecule has 0 aliphatic carbocycles. The Morgan fingerprint density at radius 3 is 2.83 bits per heavy atom. The van der Waals surface area contributed by atoms with Gasteiger partial charge < -0.3 is 14.5 Å².